The molecule has 0 aromatic carbocycles. The minimum Gasteiger partial charge on any atom is -0.178 e. The first-order chi connectivity index (χ1) is 6.02. The van der Waals surface area contributed by atoms with E-state index in [9.17, 15) is 0 Å². The smallest absolute Gasteiger partial charge is 0.0222 e. The molecule has 0 aromatic heterocycles. The van der Waals surface area contributed by atoms with Crippen LogP contribution in [0.2, 0.25) is 0 Å². The van der Waals surface area contributed by atoms with Crippen LogP contribution in [0.25, 0.3) is 0 Å². The fraction of sp³-hybridized carbons (Fsp3) is 1.00. The third-order valence-electron chi connectivity index (χ3n) is 1.75. The van der Waals surface area contributed by atoms with Gasteiger partial charge in [-0.25, -0.2) is 0 Å². The summed E-state index contributed by atoms with van der Waals surface area (Å²) in [7, 11) is 0. The van der Waals surface area contributed by atoms with Crippen molar-refractivity contribution in [3.8, 4) is 0 Å². The van der Waals surface area contributed by atoms with Crippen LogP contribution in [-0.4, -0.2) is 32.5 Å². The first kappa shape index (κ1) is 15.1. The van der Waals surface area contributed by atoms with Crippen molar-refractivity contribution in [1.82, 2.24) is 0 Å². The summed E-state index contributed by atoms with van der Waals surface area (Å²) in [6.45, 7) is 0. The molecule has 0 aliphatic carbocycles. The quantitative estimate of drug-likeness (QED) is 0.398. The summed E-state index contributed by atoms with van der Waals surface area (Å²) in [6.07, 6.45) is 0.885. The van der Waals surface area contributed by atoms with Crippen LogP contribution < -0.4 is 0 Å². The van der Waals surface area contributed by atoms with E-state index in [-0.39, 0.29) is 21.0 Å². The van der Waals surface area contributed by atoms with Gasteiger partial charge in [-0.1, -0.05) is 0 Å². The molecule has 0 amide bonds. The van der Waals surface area contributed by atoms with E-state index in [4.69, 9.17) is 0 Å². The van der Waals surface area contributed by atoms with Crippen LogP contribution in [0.5, 0.6) is 0 Å². The van der Waals surface area contributed by atoms with Crippen LogP contribution in [0.4, 0.5) is 0 Å². The summed E-state index contributed by atoms with van der Waals surface area (Å²) >= 11 is 26.0. The fourth-order valence-electron chi connectivity index (χ4n) is 0.805. The molecular weight excluding hydrogens is 276 g/mol. The lowest BCUT2D eigenvalue weighted by Gasteiger charge is -2.22. The zero-order valence-electron chi connectivity index (χ0n) is 7.11. The van der Waals surface area contributed by atoms with Gasteiger partial charge in [-0.3, -0.25) is 0 Å². The van der Waals surface area contributed by atoms with Crippen LogP contribution in [0.15, 0.2) is 0 Å². The van der Waals surface area contributed by atoms with Gasteiger partial charge in [-0.15, -0.1) is 0 Å². The van der Waals surface area contributed by atoms with Gasteiger partial charge in [0.15, 0.2) is 0 Å². The zero-order valence-corrected chi connectivity index (χ0v) is 12.5. The van der Waals surface area contributed by atoms with E-state index in [1.165, 1.54) is 0 Å². The maximum Gasteiger partial charge on any atom is 0.0222 e. The summed E-state index contributed by atoms with van der Waals surface area (Å²) < 4.78 is 0. The minimum atomic E-state index is 0.210. The Morgan fingerprint density at radius 1 is 0.615 bits per heavy atom. The van der Waals surface area contributed by atoms with Crippen molar-refractivity contribution in [2.45, 2.75) is 27.4 Å². The van der Waals surface area contributed by atoms with Gasteiger partial charge in [0, 0.05) is 32.5 Å². The van der Waals surface area contributed by atoms with Crippen LogP contribution in [0, 0.1) is 0 Å². The molecule has 0 aromatic rings. The minimum absolute atomic E-state index is 0.210. The van der Waals surface area contributed by atoms with Gasteiger partial charge >= 0.3 is 0 Å². The third-order valence-corrected chi connectivity index (χ3v) is 5.81. The molecule has 0 N–H and O–H groups in total. The van der Waals surface area contributed by atoms with Crippen LogP contribution >= 0.6 is 75.8 Å². The molecule has 0 saturated heterocycles. The van der Waals surface area contributed by atoms with Crippen molar-refractivity contribution in [3.63, 3.8) is 0 Å². The third kappa shape index (κ3) is 6.30. The Labute approximate surface area is 114 Å². The molecule has 0 bridgehead atoms. The summed E-state index contributed by atoms with van der Waals surface area (Å²) in [4.78, 5) is 0. The average molecular weight is 293 g/mol. The topological polar surface area (TPSA) is 0 Å². The molecule has 4 atom stereocenters. The van der Waals surface area contributed by atoms with E-state index in [2.05, 4.69) is 75.8 Å². The molecule has 0 radical (unpaired) electrons. The van der Waals surface area contributed by atoms with E-state index in [0.717, 1.165) is 17.9 Å². The second kappa shape index (κ2) is 8.28. The zero-order chi connectivity index (χ0) is 10.4. The maximum absolute atomic E-state index is 4.44. The molecule has 0 aliphatic heterocycles. The average Bonchev–Trinajstić information content (AvgIpc) is 2.14. The normalized spacial score (nSPS) is 20.8. The number of thiol groups is 6. The van der Waals surface area contributed by atoms with Gasteiger partial charge in [0.2, 0.25) is 0 Å². The highest BCUT2D eigenvalue weighted by atomic mass is 32.1. The Bertz CT molecular complexity index is 116. The van der Waals surface area contributed by atoms with Crippen molar-refractivity contribution in [2.75, 3.05) is 11.5 Å². The van der Waals surface area contributed by atoms with Crippen molar-refractivity contribution in [2.24, 2.45) is 0 Å². The summed E-state index contributed by atoms with van der Waals surface area (Å²) in [5.41, 5.74) is 0. The van der Waals surface area contributed by atoms with Gasteiger partial charge < -0.3 is 0 Å². The maximum atomic E-state index is 4.44. The molecule has 0 rings (SSSR count). The standard InChI is InChI=1S/C7H16S6/c8-2-6(12)4(10)1-5(11)7(13)3-9/h4-13H,1-3H2. The second-order valence-corrected chi connectivity index (χ2v) is 6.25. The van der Waals surface area contributed by atoms with E-state index in [0.29, 0.717) is 0 Å². The summed E-state index contributed by atoms with van der Waals surface area (Å²) in [5.74, 6) is 1.46. The first-order valence-electron chi connectivity index (χ1n) is 3.96. The molecule has 13 heavy (non-hydrogen) atoms. The van der Waals surface area contributed by atoms with Crippen LogP contribution in [-0.2, 0) is 0 Å². The Hall–Kier alpha value is 2.10. The fourth-order valence-corrected chi connectivity index (χ4v) is 2.72. The highest BCUT2D eigenvalue weighted by molar-refractivity contribution is 7.88. The van der Waals surface area contributed by atoms with E-state index < -0.39 is 0 Å². The highest BCUT2D eigenvalue weighted by Crippen LogP contribution is 2.22. The molecular formula is C7H16S6. The molecule has 6 heteroatoms. The van der Waals surface area contributed by atoms with E-state index in [1.54, 1.807) is 0 Å². The predicted octanol–water partition coefficient (Wildman–Crippen LogP) is 2.43. The number of hydrogen-bond acceptors (Lipinski definition) is 6. The largest absolute Gasteiger partial charge is 0.178 e. The molecule has 0 heterocycles. The highest BCUT2D eigenvalue weighted by Gasteiger charge is 2.20. The number of rotatable bonds is 6. The Morgan fingerprint density at radius 3 is 1.15 bits per heavy atom. The summed E-state index contributed by atoms with van der Waals surface area (Å²) in [6, 6.07) is 0. The Balaban J connectivity index is 3.83. The van der Waals surface area contributed by atoms with E-state index in [1.807, 2.05) is 0 Å². The monoisotopic (exact) mass is 292 g/mol. The Morgan fingerprint density at radius 2 is 0.923 bits per heavy atom. The lowest BCUT2D eigenvalue weighted by atomic mass is 10.1. The predicted molar refractivity (Wildman–Crippen MR) is 83.4 cm³/mol. The summed E-state index contributed by atoms with van der Waals surface area (Å²) in [5, 5.41) is 0.860. The Kier molecular flexibility index (Phi) is 9.61. The van der Waals surface area contributed by atoms with Crippen molar-refractivity contribution in [3.05, 3.63) is 0 Å². The molecule has 0 aliphatic rings. The molecule has 0 saturated carbocycles. The van der Waals surface area contributed by atoms with Crippen LogP contribution in [0.1, 0.15) is 6.42 Å². The van der Waals surface area contributed by atoms with Gasteiger partial charge in [0.1, 0.15) is 0 Å². The SMILES string of the molecule is SCC(S)C(S)CC(S)C(S)CS. The lowest BCUT2D eigenvalue weighted by molar-refractivity contribution is 0.719. The molecule has 0 nitrogen and oxygen atoms in total. The first-order valence-corrected chi connectivity index (χ1v) is 7.30. The van der Waals surface area contributed by atoms with Crippen molar-refractivity contribution in [1.29, 1.82) is 0 Å². The van der Waals surface area contributed by atoms with Gasteiger partial charge in [0.05, 0.1) is 0 Å². The molecule has 0 fully saturated rings. The van der Waals surface area contributed by atoms with Crippen molar-refractivity contribution < 1.29 is 0 Å². The number of hydrogen-bond donors (Lipinski definition) is 6. The molecule has 80 valence electrons. The van der Waals surface area contributed by atoms with Gasteiger partial charge in [-0.05, 0) is 6.42 Å². The van der Waals surface area contributed by atoms with Gasteiger partial charge in [0.25, 0.3) is 0 Å². The van der Waals surface area contributed by atoms with E-state index >= 15 is 0 Å². The van der Waals surface area contributed by atoms with Gasteiger partial charge in [-0.2, -0.15) is 75.8 Å². The van der Waals surface area contributed by atoms with Crippen LogP contribution in [0.3, 0.4) is 0 Å². The second-order valence-electron chi connectivity index (χ2n) is 2.87. The van der Waals surface area contributed by atoms with Crippen molar-refractivity contribution >= 4 is 75.8 Å². The lowest BCUT2D eigenvalue weighted by Crippen LogP contribution is -2.26. The molecule has 4 unspecified atom stereocenters. The molecule has 0 spiro atoms.